The number of aliphatic hydroxyl groups excluding tert-OH is 1. The highest BCUT2D eigenvalue weighted by atomic mass is 16.3. The van der Waals surface area contributed by atoms with Crippen molar-refractivity contribution in [1.29, 1.82) is 0 Å². The second-order valence-corrected chi connectivity index (χ2v) is 4.92. The lowest BCUT2D eigenvalue weighted by Crippen LogP contribution is -2.44. The first-order valence-corrected chi connectivity index (χ1v) is 6.05. The van der Waals surface area contributed by atoms with Crippen molar-refractivity contribution in [2.45, 2.75) is 31.4 Å². The summed E-state index contributed by atoms with van der Waals surface area (Å²) in [4.78, 5) is 24.7. The number of β-amino-alcohol motifs (C(OH)–C–C–N with tert-alkyl or cyclic N) is 1. The topological polar surface area (TPSA) is 95.7 Å². The quantitative estimate of drug-likeness (QED) is 0.556. The summed E-state index contributed by atoms with van der Waals surface area (Å²) in [5.41, 5.74) is 5.24. The highest BCUT2D eigenvalue weighted by molar-refractivity contribution is 5.87. The van der Waals surface area contributed by atoms with Crippen molar-refractivity contribution in [2.75, 3.05) is 19.6 Å². The molecule has 4 N–H and O–H groups in total. The first-order chi connectivity index (χ1) is 8.08. The van der Waals surface area contributed by atoms with Gasteiger partial charge in [-0.15, -0.1) is 0 Å². The number of hydrogen-bond donors (Lipinski definition) is 3. The SMILES string of the molecule is NC(=O)C1CC(O)CN1C(=O)CC1CCNC1. The highest BCUT2D eigenvalue weighted by Gasteiger charge is 2.38. The molecule has 2 aliphatic heterocycles. The van der Waals surface area contributed by atoms with Gasteiger partial charge >= 0.3 is 0 Å². The molecule has 2 amide bonds. The second kappa shape index (κ2) is 5.01. The van der Waals surface area contributed by atoms with Crippen LogP contribution < -0.4 is 11.1 Å². The average Bonchev–Trinajstić information content (AvgIpc) is 2.86. The first kappa shape index (κ1) is 12.3. The lowest BCUT2D eigenvalue weighted by atomic mass is 10.0. The van der Waals surface area contributed by atoms with Crippen LogP contribution in [0.25, 0.3) is 0 Å². The van der Waals surface area contributed by atoms with E-state index in [2.05, 4.69) is 5.32 Å². The van der Waals surface area contributed by atoms with E-state index in [-0.39, 0.29) is 18.9 Å². The number of nitrogens with two attached hydrogens (primary N) is 1. The maximum atomic E-state index is 12.0. The van der Waals surface area contributed by atoms with Gasteiger partial charge in [0.2, 0.25) is 11.8 Å². The van der Waals surface area contributed by atoms with Crippen molar-refractivity contribution in [3.63, 3.8) is 0 Å². The van der Waals surface area contributed by atoms with Gasteiger partial charge in [-0.3, -0.25) is 9.59 Å². The van der Waals surface area contributed by atoms with Gasteiger partial charge in [0.25, 0.3) is 0 Å². The Morgan fingerprint density at radius 1 is 1.47 bits per heavy atom. The summed E-state index contributed by atoms with van der Waals surface area (Å²) in [7, 11) is 0. The second-order valence-electron chi connectivity index (χ2n) is 4.92. The molecular weight excluding hydrogens is 222 g/mol. The fraction of sp³-hybridized carbons (Fsp3) is 0.818. The number of nitrogens with zero attached hydrogens (tertiary/aromatic N) is 1. The largest absolute Gasteiger partial charge is 0.391 e. The summed E-state index contributed by atoms with van der Waals surface area (Å²) >= 11 is 0. The third kappa shape index (κ3) is 2.76. The van der Waals surface area contributed by atoms with Gasteiger partial charge in [0.15, 0.2) is 0 Å². The molecule has 3 unspecified atom stereocenters. The summed E-state index contributed by atoms with van der Waals surface area (Å²) in [5, 5.41) is 12.7. The van der Waals surface area contributed by atoms with Gasteiger partial charge < -0.3 is 21.1 Å². The fourth-order valence-corrected chi connectivity index (χ4v) is 2.61. The van der Waals surface area contributed by atoms with Gasteiger partial charge in [-0.05, 0) is 25.4 Å². The Morgan fingerprint density at radius 3 is 2.82 bits per heavy atom. The van der Waals surface area contributed by atoms with Gasteiger partial charge in [-0.1, -0.05) is 0 Å². The predicted octanol–water partition coefficient (Wildman–Crippen LogP) is -1.57. The Hall–Kier alpha value is -1.14. The van der Waals surface area contributed by atoms with E-state index >= 15 is 0 Å². The van der Waals surface area contributed by atoms with E-state index in [1.54, 1.807) is 0 Å². The number of amides is 2. The molecule has 2 heterocycles. The Kier molecular flexibility index (Phi) is 3.63. The van der Waals surface area contributed by atoms with Crippen LogP contribution in [0.4, 0.5) is 0 Å². The van der Waals surface area contributed by atoms with Crippen molar-refractivity contribution < 1.29 is 14.7 Å². The predicted molar refractivity (Wildman–Crippen MR) is 60.9 cm³/mol. The van der Waals surface area contributed by atoms with Crippen LogP contribution in [-0.2, 0) is 9.59 Å². The molecule has 0 aromatic heterocycles. The van der Waals surface area contributed by atoms with E-state index in [0.717, 1.165) is 19.5 Å². The molecule has 6 heteroatoms. The van der Waals surface area contributed by atoms with E-state index in [9.17, 15) is 14.7 Å². The lowest BCUT2D eigenvalue weighted by Gasteiger charge is -2.23. The summed E-state index contributed by atoms with van der Waals surface area (Å²) in [5.74, 6) is -0.257. The van der Waals surface area contributed by atoms with Crippen LogP contribution in [0.2, 0.25) is 0 Å². The van der Waals surface area contributed by atoms with E-state index < -0.39 is 18.1 Å². The van der Waals surface area contributed by atoms with Gasteiger partial charge in [0.1, 0.15) is 6.04 Å². The smallest absolute Gasteiger partial charge is 0.240 e. The third-order valence-electron chi connectivity index (χ3n) is 3.55. The zero-order chi connectivity index (χ0) is 12.4. The third-order valence-corrected chi connectivity index (χ3v) is 3.55. The van der Waals surface area contributed by atoms with Gasteiger partial charge in [0.05, 0.1) is 6.10 Å². The summed E-state index contributed by atoms with van der Waals surface area (Å²) < 4.78 is 0. The van der Waals surface area contributed by atoms with E-state index in [4.69, 9.17) is 5.73 Å². The van der Waals surface area contributed by atoms with Crippen LogP contribution in [0, 0.1) is 5.92 Å². The van der Waals surface area contributed by atoms with Crippen LogP contribution in [0.3, 0.4) is 0 Å². The minimum atomic E-state index is -0.633. The number of primary amides is 1. The van der Waals surface area contributed by atoms with Crippen molar-refractivity contribution in [3.05, 3.63) is 0 Å². The average molecular weight is 241 g/mol. The Labute approximate surface area is 100 Å². The molecule has 0 bridgehead atoms. The summed E-state index contributed by atoms with van der Waals surface area (Å²) in [6.45, 7) is 2.02. The number of nitrogens with one attached hydrogen (secondary N) is 1. The van der Waals surface area contributed by atoms with E-state index in [1.165, 1.54) is 4.90 Å². The Bertz CT molecular complexity index is 315. The molecule has 0 saturated carbocycles. The highest BCUT2D eigenvalue weighted by Crippen LogP contribution is 2.21. The molecule has 0 aliphatic carbocycles. The molecule has 2 aliphatic rings. The van der Waals surface area contributed by atoms with Gasteiger partial charge in [-0.2, -0.15) is 0 Å². The van der Waals surface area contributed by atoms with Crippen molar-refractivity contribution in [1.82, 2.24) is 10.2 Å². The van der Waals surface area contributed by atoms with Gasteiger partial charge in [0, 0.05) is 19.4 Å². The molecule has 0 spiro atoms. The normalized spacial score (nSPS) is 33.0. The number of rotatable bonds is 3. The maximum absolute atomic E-state index is 12.0. The zero-order valence-electron chi connectivity index (χ0n) is 9.76. The summed E-state index contributed by atoms with van der Waals surface area (Å²) in [6.07, 6.45) is 1.06. The van der Waals surface area contributed by atoms with Crippen LogP contribution >= 0.6 is 0 Å². The zero-order valence-corrected chi connectivity index (χ0v) is 9.76. The molecule has 96 valence electrons. The molecule has 3 atom stereocenters. The Morgan fingerprint density at radius 2 is 2.24 bits per heavy atom. The minimum Gasteiger partial charge on any atom is -0.391 e. The number of hydrogen-bond acceptors (Lipinski definition) is 4. The number of likely N-dealkylation sites (tertiary alicyclic amines) is 1. The Balaban J connectivity index is 1.94. The van der Waals surface area contributed by atoms with Crippen molar-refractivity contribution in [3.8, 4) is 0 Å². The van der Waals surface area contributed by atoms with Crippen LogP contribution in [0.5, 0.6) is 0 Å². The van der Waals surface area contributed by atoms with Gasteiger partial charge in [-0.25, -0.2) is 0 Å². The molecular formula is C11H19N3O3. The monoisotopic (exact) mass is 241 g/mol. The van der Waals surface area contributed by atoms with Crippen molar-refractivity contribution in [2.24, 2.45) is 11.7 Å². The minimum absolute atomic E-state index is 0.0703. The maximum Gasteiger partial charge on any atom is 0.240 e. The van der Waals surface area contributed by atoms with Crippen LogP contribution in [0.15, 0.2) is 0 Å². The number of carbonyl (C=O) groups is 2. The first-order valence-electron chi connectivity index (χ1n) is 6.05. The summed E-state index contributed by atoms with van der Waals surface area (Å²) in [6, 6.07) is -0.633. The molecule has 0 aromatic carbocycles. The molecule has 2 rings (SSSR count). The lowest BCUT2D eigenvalue weighted by molar-refractivity contribution is -0.138. The number of carbonyl (C=O) groups excluding carboxylic acids is 2. The molecule has 0 aromatic rings. The van der Waals surface area contributed by atoms with Crippen molar-refractivity contribution >= 4 is 11.8 Å². The molecule has 0 radical (unpaired) electrons. The number of aliphatic hydroxyl groups is 1. The van der Waals surface area contributed by atoms with E-state index in [1.807, 2.05) is 0 Å². The molecule has 17 heavy (non-hydrogen) atoms. The molecule has 6 nitrogen and oxygen atoms in total. The molecule has 2 fully saturated rings. The fourth-order valence-electron chi connectivity index (χ4n) is 2.61. The van der Waals surface area contributed by atoms with Crippen LogP contribution in [-0.4, -0.2) is 53.6 Å². The van der Waals surface area contributed by atoms with E-state index in [0.29, 0.717) is 12.3 Å². The van der Waals surface area contributed by atoms with Crippen LogP contribution in [0.1, 0.15) is 19.3 Å². The molecule has 2 saturated heterocycles. The standard InChI is InChI=1S/C11H19N3O3/c12-11(17)9-4-8(15)6-14(9)10(16)3-7-1-2-13-5-7/h7-9,13,15H,1-6H2,(H2,12,17).